The second-order valence-electron chi connectivity index (χ2n) is 9.17. The Hall–Kier alpha value is -3.30. The van der Waals surface area contributed by atoms with Crippen LogP contribution in [0.3, 0.4) is 0 Å². The van der Waals surface area contributed by atoms with Crippen LogP contribution in [0.2, 0.25) is 0 Å². The molecule has 5 rings (SSSR count). The number of halogens is 1. The maximum Gasteiger partial charge on any atom is 0.255 e. The number of ether oxygens (including phenoxy) is 2. The summed E-state index contributed by atoms with van der Waals surface area (Å²) in [5.41, 5.74) is -8.39. The molecule has 38 heavy (non-hydrogen) atoms. The highest BCUT2D eigenvalue weighted by Crippen LogP contribution is 2.34. The van der Waals surface area contributed by atoms with E-state index < -0.39 is 121 Å². The average Bonchev–Trinajstić information content (AvgIpc) is 3.19. The van der Waals surface area contributed by atoms with Crippen molar-refractivity contribution < 1.29 is 51.6 Å². The van der Waals surface area contributed by atoms with E-state index in [0.29, 0.717) is 12.1 Å². The quantitative estimate of drug-likeness (QED) is 0.564. The van der Waals surface area contributed by atoms with Crippen LogP contribution >= 0.6 is 0 Å². The lowest BCUT2D eigenvalue weighted by atomic mass is 9.98. The third kappa shape index (κ3) is 5.44. The first-order valence-electron chi connectivity index (χ1n) is 19.8. The average molecular weight is 541 g/mol. The Kier molecular flexibility index (Phi) is 3.27. The summed E-state index contributed by atoms with van der Waals surface area (Å²) in [6, 6.07) is 2.21. The first-order chi connectivity index (χ1) is 24.5. The van der Waals surface area contributed by atoms with Gasteiger partial charge >= 0.3 is 0 Å². The van der Waals surface area contributed by atoms with Gasteiger partial charge in [0.1, 0.15) is 24.2 Å². The normalized spacial score (nSPS) is 39.7. The molecule has 2 unspecified atom stereocenters. The van der Waals surface area contributed by atoms with Gasteiger partial charge in [-0.2, -0.15) is 0 Å². The fraction of sp³-hybridized carbons (Fsp3) is 0.483. The fourth-order valence-corrected chi connectivity index (χ4v) is 4.02. The molecule has 2 aromatic carbocycles. The van der Waals surface area contributed by atoms with Crippen LogP contribution in [0.1, 0.15) is 90.7 Å². The fourth-order valence-electron chi connectivity index (χ4n) is 4.02. The van der Waals surface area contributed by atoms with Crippen molar-refractivity contribution in [3.63, 3.8) is 0 Å². The van der Waals surface area contributed by atoms with Crippen LogP contribution in [-0.4, -0.2) is 57.8 Å². The molecule has 2 saturated heterocycles. The second kappa shape index (κ2) is 9.78. The minimum Gasteiger partial charge on any atom is -0.488 e. The highest BCUT2D eigenvalue weighted by Gasteiger charge is 2.40. The van der Waals surface area contributed by atoms with E-state index >= 15 is 4.39 Å². The molecule has 2 atom stereocenters. The molecule has 1 N–H and O–H groups in total. The third-order valence-electron chi connectivity index (χ3n) is 5.42. The van der Waals surface area contributed by atoms with E-state index in [1.54, 1.807) is 5.32 Å². The van der Waals surface area contributed by atoms with Gasteiger partial charge in [-0.25, -0.2) is 4.39 Å². The minimum absolute atomic E-state index is 0.0227. The van der Waals surface area contributed by atoms with Crippen molar-refractivity contribution >= 4 is 17.7 Å². The molecule has 3 heterocycles. The number of amides is 3. The Bertz CT molecular complexity index is 1990. The Labute approximate surface area is 246 Å². The summed E-state index contributed by atoms with van der Waals surface area (Å²) in [6.07, 6.45) is -6.94. The molecule has 0 spiro atoms. The number of nitrogens with one attached hydrogen (secondary N) is 1. The molecule has 3 aliphatic rings. The molecular weight excluding hydrogens is 489 g/mol. The molecule has 0 bridgehead atoms. The molecule has 8 nitrogen and oxygen atoms in total. The third-order valence-corrected chi connectivity index (χ3v) is 5.42. The van der Waals surface area contributed by atoms with Crippen LogP contribution in [0.5, 0.6) is 5.75 Å². The van der Waals surface area contributed by atoms with Crippen molar-refractivity contribution in [2.75, 3.05) is 13.0 Å². The van der Waals surface area contributed by atoms with Crippen molar-refractivity contribution in [3.8, 4) is 5.75 Å². The van der Waals surface area contributed by atoms with Crippen LogP contribution in [-0.2, 0) is 33.9 Å². The highest BCUT2D eigenvalue weighted by atomic mass is 19.1. The molecule has 2 aromatic rings. The van der Waals surface area contributed by atoms with Gasteiger partial charge in [0.15, 0.2) is 0 Å². The number of fused-ring (bicyclic) bond motifs is 1. The summed E-state index contributed by atoms with van der Waals surface area (Å²) < 4.78 is 171. The smallest absolute Gasteiger partial charge is 0.255 e. The molecule has 0 aliphatic carbocycles. The Morgan fingerprint density at radius 1 is 1.21 bits per heavy atom. The van der Waals surface area contributed by atoms with Gasteiger partial charge < -0.3 is 14.4 Å². The number of carbonyl (C=O) groups is 3. The van der Waals surface area contributed by atoms with Gasteiger partial charge in [0.05, 0.1) is 23.2 Å². The van der Waals surface area contributed by atoms with Crippen molar-refractivity contribution in [1.82, 2.24) is 15.1 Å². The molecular formula is C29H34FN3O5. The first-order valence-corrected chi connectivity index (χ1v) is 11.3. The van der Waals surface area contributed by atoms with Crippen LogP contribution in [0.4, 0.5) is 4.39 Å². The number of piperidine rings is 1. The number of nitrogens with zero attached hydrogens (tertiary/aromatic N) is 2. The van der Waals surface area contributed by atoms with Crippen molar-refractivity contribution in [2.24, 2.45) is 0 Å². The zero-order chi connectivity index (χ0) is 42.3. The molecule has 3 aliphatic heterocycles. The molecule has 3 amide bonds. The van der Waals surface area contributed by atoms with E-state index in [2.05, 4.69) is 0 Å². The summed E-state index contributed by atoms with van der Waals surface area (Å²) in [7, 11) is 0. The summed E-state index contributed by atoms with van der Waals surface area (Å²) >= 11 is 0. The van der Waals surface area contributed by atoms with Gasteiger partial charge in [0, 0.05) is 60.4 Å². The summed E-state index contributed by atoms with van der Waals surface area (Å²) in [5.74, 6) is -6.84. The van der Waals surface area contributed by atoms with E-state index in [0.717, 1.165) is 45.0 Å². The maximum atomic E-state index is 15.5. The van der Waals surface area contributed by atoms with Gasteiger partial charge in [-0.05, 0) is 63.8 Å². The van der Waals surface area contributed by atoms with E-state index in [1.807, 2.05) is 0 Å². The predicted molar refractivity (Wildman–Crippen MR) is 138 cm³/mol. The minimum atomic E-state index is -3.50. The van der Waals surface area contributed by atoms with Crippen LogP contribution < -0.4 is 10.1 Å². The van der Waals surface area contributed by atoms with E-state index in [-0.39, 0.29) is 9.80 Å². The molecule has 0 radical (unpaired) electrons. The summed E-state index contributed by atoms with van der Waals surface area (Å²) in [5, 5.41) is 1.58. The zero-order valence-electron chi connectivity index (χ0n) is 37.4. The summed E-state index contributed by atoms with van der Waals surface area (Å²) in [6.45, 7) is -17.1. The predicted octanol–water partition coefficient (Wildman–Crippen LogP) is 3.56. The standard InChI is InChI=1S/C29H34FN3O5/c1-28(2)16-32(17-29(3,4)38-28)13-18-8-9-22(30)19(12-18)15-37-24-7-5-6-20-21(24)14-33(27(20)36)23-10-11-25(34)31-26(23)35/h5-9,12,23H,10-11,13-17H2,1-4H3,(H,31,34,35)/i1D3,10D2,11D2,13D2,14D2,15D2,16D2,17D2. The Morgan fingerprint density at radius 3 is 2.79 bits per heavy atom. The number of hydrogen-bond donors (Lipinski definition) is 1. The van der Waals surface area contributed by atoms with Gasteiger partial charge in [0.2, 0.25) is 11.8 Å². The van der Waals surface area contributed by atoms with Gasteiger partial charge in [-0.3, -0.25) is 24.6 Å². The van der Waals surface area contributed by atoms with Crippen LogP contribution in [0.15, 0.2) is 36.4 Å². The van der Waals surface area contributed by atoms with Crippen molar-refractivity contribution in [3.05, 3.63) is 64.5 Å². The maximum absolute atomic E-state index is 15.5. The van der Waals surface area contributed by atoms with Crippen LogP contribution in [0, 0.1) is 5.82 Å². The largest absolute Gasteiger partial charge is 0.488 e. The molecule has 2 fully saturated rings. The molecule has 0 saturated carbocycles. The Morgan fingerprint density at radius 2 is 2.00 bits per heavy atom. The topological polar surface area (TPSA) is 88.2 Å². The van der Waals surface area contributed by atoms with E-state index in [1.165, 1.54) is 0 Å². The first kappa shape index (κ1) is 12.7. The molecule has 9 heteroatoms. The van der Waals surface area contributed by atoms with Crippen LogP contribution in [0.25, 0.3) is 0 Å². The van der Waals surface area contributed by atoms with E-state index in [4.69, 9.17) is 32.8 Å². The second-order valence-corrected chi connectivity index (χ2v) is 9.17. The number of imide groups is 1. The number of carbonyl (C=O) groups excluding carboxylic acids is 3. The highest BCUT2D eigenvalue weighted by molar-refractivity contribution is 6.05. The summed E-state index contributed by atoms with van der Waals surface area (Å²) in [4.78, 5) is 38.7. The van der Waals surface area contributed by atoms with Crippen molar-refractivity contribution in [1.29, 1.82) is 0 Å². The number of rotatable bonds is 6. The number of benzene rings is 2. The zero-order valence-corrected chi connectivity index (χ0v) is 20.4. The lowest BCUT2D eigenvalue weighted by Crippen LogP contribution is -2.56. The molecule has 0 aromatic heterocycles. The SMILES string of the molecule is [2H]C([2H])(Oc1cccc2c1C([2H])([2H])N(C1C(=O)NC(=O)C([2H])([2H])C1([2H])[2H])C2=O)c1cc(C([2H])([2H])N2C([2H])([2H])C(C)(C)OC(C)(C([2H])([2H])[2H])C2([2H])[2H])ccc1F. The van der Waals surface area contributed by atoms with Gasteiger partial charge in [0.25, 0.3) is 5.91 Å². The lowest BCUT2D eigenvalue weighted by molar-refractivity contribution is -0.182. The monoisotopic (exact) mass is 540 g/mol. The van der Waals surface area contributed by atoms with Gasteiger partial charge in [-0.1, -0.05) is 12.1 Å². The molecule has 202 valence electrons. The lowest BCUT2D eigenvalue weighted by Gasteiger charge is -2.47. The number of hydrogen-bond acceptors (Lipinski definition) is 6. The number of morpholine rings is 1. The van der Waals surface area contributed by atoms with E-state index in [9.17, 15) is 14.4 Å². The van der Waals surface area contributed by atoms with Crippen molar-refractivity contribution in [2.45, 2.75) is 77.2 Å². The van der Waals surface area contributed by atoms with Gasteiger partial charge in [-0.15, -0.1) is 0 Å². The Balaban J connectivity index is 1.60.